The predicted octanol–water partition coefficient (Wildman–Crippen LogP) is 2.49. The average molecular weight is 263 g/mol. The van der Waals surface area contributed by atoms with Gasteiger partial charge in [-0.25, -0.2) is 4.99 Å². The van der Waals surface area contributed by atoms with Crippen LogP contribution in [0, 0.1) is 5.92 Å². The van der Waals surface area contributed by atoms with Crippen molar-refractivity contribution < 1.29 is 14.3 Å². The lowest BCUT2D eigenvalue weighted by atomic mass is 9.91. The van der Waals surface area contributed by atoms with Gasteiger partial charge < -0.3 is 4.74 Å². The Labute approximate surface area is 109 Å². The molecule has 0 aromatic heterocycles. The summed E-state index contributed by atoms with van der Waals surface area (Å²) in [4.78, 5) is 28.2. The van der Waals surface area contributed by atoms with E-state index in [4.69, 9.17) is 4.74 Å². The maximum absolute atomic E-state index is 12.3. The summed E-state index contributed by atoms with van der Waals surface area (Å²) in [6, 6.07) is 5.07. The number of carbonyl (C=O) groups is 2. The number of ether oxygens (including phenoxy) is 1. The summed E-state index contributed by atoms with van der Waals surface area (Å²) < 4.78 is 5.10. The Balaban J connectivity index is 2.57. The molecule has 1 aliphatic rings. The van der Waals surface area contributed by atoms with Gasteiger partial charge in [-0.05, 0) is 25.3 Å². The Morgan fingerprint density at radius 2 is 2.17 bits per heavy atom. The zero-order chi connectivity index (χ0) is 13.3. The minimum atomic E-state index is -0.749. The standard InChI is InChI=1S/C13H13NO3S/c1-7(15)11-12(16)9-5-4-8(17-2)6-10(9)14-13(11)18-3/h4-6,11H,1-3H3. The highest BCUT2D eigenvalue weighted by Gasteiger charge is 2.34. The fourth-order valence-electron chi connectivity index (χ4n) is 1.91. The molecule has 0 radical (unpaired) electrons. The van der Waals surface area contributed by atoms with Crippen LogP contribution in [0.25, 0.3) is 0 Å². The molecule has 5 heteroatoms. The maximum Gasteiger partial charge on any atom is 0.182 e. The lowest BCUT2D eigenvalue weighted by molar-refractivity contribution is -0.117. The number of Topliss-reactive ketones (excluding diaryl/α,β-unsaturated/α-hetero) is 2. The number of rotatable bonds is 2. The minimum absolute atomic E-state index is 0.172. The fraction of sp³-hybridized carbons (Fsp3) is 0.308. The summed E-state index contributed by atoms with van der Waals surface area (Å²) in [5, 5.41) is 0.549. The molecule has 1 aromatic carbocycles. The molecule has 0 aliphatic carbocycles. The van der Waals surface area contributed by atoms with Gasteiger partial charge >= 0.3 is 0 Å². The first-order valence-corrected chi connectivity index (χ1v) is 6.66. The highest BCUT2D eigenvalue weighted by Crippen LogP contribution is 2.34. The zero-order valence-corrected chi connectivity index (χ0v) is 11.2. The molecule has 0 saturated carbocycles. The smallest absolute Gasteiger partial charge is 0.182 e. The van der Waals surface area contributed by atoms with Gasteiger partial charge in [0.2, 0.25) is 0 Å². The molecule has 4 nitrogen and oxygen atoms in total. The molecular weight excluding hydrogens is 250 g/mol. The van der Waals surface area contributed by atoms with Crippen LogP contribution in [0.15, 0.2) is 23.2 Å². The maximum atomic E-state index is 12.3. The van der Waals surface area contributed by atoms with Crippen LogP contribution in [-0.4, -0.2) is 30.0 Å². The van der Waals surface area contributed by atoms with Crippen molar-refractivity contribution in [3.63, 3.8) is 0 Å². The molecular formula is C13H13NO3S. The molecule has 94 valence electrons. The van der Waals surface area contributed by atoms with Crippen molar-refractivity contribution in [3.05, 3.63) is 23.8 Å². The SMILES string of the molecule is COc1ccc2c(c1)N=C(SC)C(C(C)=O)C2=O. The quantitative estimate of drug-likeness (QED) is 0.769. The third kappa shape index (κ3) is 2.06. The molecule has 0 N–H and O–H groups in total. The summed E-state index contributed by atoms with van der Waals surface area (Å²) >= 11 is 1.33. The first kappa shape index (κ1) is 12.8. The second-order valence-corrected chi connectivity index (χ2v) is 4.77. The average Bonchev–Trinajstić information content (AvgIpc) is 2.37. The van der Waals surface area contributed by atoms with Crippen LogP contribution in [0.2, 0.25) is 0 Å². The lowest BCUT2D eigenvalue weighted by Crippen LogP contribution is -2.31. The number of hydrogen-bond donors (Lipinski definition) is 0. The van der Waals surface area contributed by atoms with E-state index in [1.54, 1.807) is 25.3 Å². The summed E-state index contributed by atoms with van der Waals surface area (Å²) in [7, 11) is 1.56. The van der Waals surface area contributed by atoms with Gasteiger partial charge in [0.05, 0.1) is 17.8 Å². The van der Waals surface area contributed by atoms with Crippen LogP contribution in [0.3, 0.4) is 0 Å². The van der Waals surface area contributed by atoms with Gasteiger partial charge in [0.25, 0.3) is 0 Å². The summed E-state index contributed by atoms with van der Waals surface area (Å²) in [6.07, 6.45) is 1.81. The second-order valence-electron chi connectivity index (χ2n) is 3.95. The van der Waals surface area contributed by atoms with E-state index in [9.17, 15) is 9.59 Å². The number of benzene rings is 1. The van der Waals surface area contributed by atoms with Crippen LogP contribution in [-0.2, 0) is 4.79 Å². The molecule has 0 spiro atoms. The zero-order valence-electron chi connectivity index (χ0n) is 10.4. The Hall–Kier alpha value is -1.62. The Morgan fingerprint density at radius 3 is 2.72 bits per heavy atom. The summed E-state index contributed by atoms with van der Waals surface area (Å²) in [5.74, 6) is -0.456. The molecule has 18 heavy (non-hydrogen) atoms. The first-order chi connectivity index (χ1) is 8.58. The third-order valence-electron chi connectivity index (χ3n) is 2.83. The number of ketones is 2. The van der Waals surface area contributed by atoms with Crippen LogP contribution in [0.4, 0.5) is 5.69 Å². The monoisotopic (exact) mass is 263 g/mol. The third-order valence-corrected chi connectivity index (χ3v) is 3.57. The van der Waals surface area contributed by atoms with E-state index in [1.165, 1.54) is 18.7 Å². The normalized spacial score (nSPS) is 18.1. The first-order valence-electron chi connectivity index (χ1n) is 5.43. The van der Waals surface area contributed by atoms with Crippen LogP contribution in [0.1, 0.15) is 17.3 Å². The number of hydrogen-bond acceptors (Lipinski definition) is 5. The molecule has 0 fully saturated rings. The molecule has 0 saturated heterocycles. The van der Waals surface area contributed by atoms with Crippen LogP contribution in [0.5, 0.6) is 5.75 Å². The highest BCUT2D eigenvalue weighted by atomic mass is 32.2. The van der Waals surface area contributed by atoms with Gasteiger partial charge in [-0.1, -0.05) is 0 Å². The highest BCUT2D eigenvalue weighted by molar-refractivity contribution is 8.13. The van der Waals surface area contributed by atoms with E-state index in [1.807, 2.05) is 6.26 Å². The summed E-state index contributed by atoms with van der Waals surface area (Å²) in [6.45, 7) is 1.42. The summed E-state index contributed by atoms with van der Waals surface area (Å²) in [5.41, 5.74) is 1.05. The number of aliphatic imine (C=N–C) groups is 1. The molecule has 1 heterocycles. The van der Waals surface area contributed by atoms with Crippen molar-refractivity contribution in [3.8, 4) is 5.75 Å². The number of fused-ring (bicyclic) bond motifs is 1. The van der Waals surface area contributed by atoms with Gasteiger partial charge in [0.1, 0.15) is 17.5 Å². The van der Waals surface area contributed by atoms with Gasteiger partial charge in [-0.3, -0.25) is 9.59 Å². The molecule has 2 rings (SSSR count). The van der Waals surface area contributed by atoms with Crippen molar-refractivity contribution in [1.29, 1.82) is 0 Å². The molecule has 0 bridgehead atoms. The van der Waals surface area contributed by atoms with Gasteiger partial charge in [0, 0.05) is 11.6 Å². The van der Waals surface area contributed by atoms with Crippen LogP contribution >= 0.6 is 11.8 Å². The number of methoxy groups -OCH3 is 1. The number of carbonyl (C=O) groups excluding carboxylic acids is 2. The van der Waals surface area contributed by atoms with E-state index < -0.39 is 5.92 Å². The second kappa shape index (κ2) is 4.94. The van der Waals surface area contributed by atoms with Crippen molar-refractivity contribution >= 4 is 34.1 Å². The molecule has 1 atom stereocenters. The molecule has 1 aliphatic heterocycles. The van der Waals surface area contributed by atoms with Crippen molar-refractivity contribution in [2.24, 2.45) is 10.9 Å². The van der Waals surface area contributed by atoms with E-state index >= 15 is 0 Å². The Kier molecular flexibility index (Phi) is 3.52. The number of nitrogens with zero attached hydrogens (tertiary/aromatic N) is 1. The Bertz CT molecular complexity index is 551. The van der Waals surface area contributed by atoms with E-state index in [-0.39, 0.29) is 11.6 Å². The van der Waals surface area contributed by atoms with Crippen molar-refractivity contribution in [2.45, 2.75) is 6.92 Å². The fourth-order valence-corrected chi connectivity index (χ4v) is 2.61. The lowest BCUT2D eigenvalue weighted by Gasteiger charge is -2.20. The van der Waals surface area contributed by atoms with E-state index in [0.717, 1.165) is 0 Å². The molecule has 1 aromatic rings. The van der Waals surface area contributed by atoms with Gasteiger partial charge in [0.15, 0.2) is 5.78 Å². The largest absolute Gasteiger partial charge is 0.497 e. The van der Waals surface area contributed by atoms with Crippen molar-refractivity contribution in [2.75, 3.05) is 13.4 Å². The van der Waals surface area contributed by atoms with Gasteiger partial charge in [-0.2, -0.15) is 0 Å². The van der Waals surface area contributed by atoms with E-state index in [2.05, 4.69) is 4.99 Å². The minimum Gasteiger partial charge on any atom is -0.497 e. The number of thioether (sulfide) groups is 1. The van der Waals surface area contributed by atoms with Gasteiger partial charge in [-0.15, -0.1) is 11.8 Å². The van der Waals surface area contributed by atoms with Crippen LogP contribution < -0.4 is 4.74 Å². The van der Waals surface area contributed by atoms with Crippen molar-refractivity contribution in [1.82, 2.24) is 0 Å². The molecule has 0 amide bonds. The Morgan fingerprint density at radius 1 is 1.44 bits per heavy atom. The van der Waals surface area contributed by atoms with E-state index in [0.29, 0.717) is 22.0 Å². The predicted molar refractivity (Wildman–Crippen MR) is 72.1 cm³/mol. The topological polar surface area (TPSA) is 55.7 Å². The molecule has 1 unspecified atom stereocenters.